The molecular weight excluding hydrogens is 336 g/mol. The number of morpholine rings is 1. The Bertz CT molecular complexity index is 910. The summed E-state index contributed by atoms with van der Waals surface area (Å²) in [6.45, 7) is 3.98. The van der Waals surface area contributed by atoms with Gasteiger partial charge in [0.15, 0.2) is 0 Å². The van der Waals surface area contributed by atoms with Gasteiger partial charge in [0.1, 0.15) is 0 Å². The zero-order valence-electron chi connectivity index (χ0n) is 15.4. The standard InChI is InChI=1S/C23H24N2O2/c26-23(16-20-6-3-5-19-4-1-2-7-22(19)20)24-17-18-8-10-21(11-9-18)25-12-14-27-15-13-25/h1-11H,12-17H2,(H,24,26). The largest absolute Gasteiger partial charge is 0.378 e. The fourth-order valence-corrected chi connectivity index (χ4v) is 3.53. The predicted octanol–water partition coefficient (Wildman–Crippen LogP) is 3.54. The molecule has 0 aliphatic carbocycles. The Hall–Kier alpha value is -2.85. The van der Waals surface area contributed by atoms with E-state index in [2.05, 4.69) is 52.7 Å². The number of rotatable bonds is 5. The summed E-state index contributed by atoms with van der Waals surface area (Å²) in [6, 6.07) is 22.7. The van der Waals surface area contributed by atoms with Crippen LogP contribution in [-0.2, 0) is 22.5 Å². The van der Waals surface area contributed by atoms with E-state index in [1.54, 1.807) is 0 Å². The first kappa shape index (κ1) is 17.6. The molecule has 0 spiro atoms. The maximum absolute atomic E-state index is 12.4. The van der Waals surface area contributed by atoms with E-state index in [1.165, 1.54) is 11.1 Å². The third-order valence-corrected chi connectivity index (χ3v) is 5.03. The van der Waals surface area contributed by atoms with Crippen molar-refractivity contribution in [2.24, 2.45) is 0 Å². The first-order valence-electron chi connectivity index (χ1n) is 9.44. The fraction of sp³-hybridized carbons (Fsp3) is 0.261. The summed E-state index contributed by atoms with van der Waals surface area (Å²) in [5, 5.41) is 5.35. The Morgan fingerprint density at radius 1 is 0.926 bits per heavy atom. The molecule has 4 rings (SSSR count). The number of benzene rings is 3. The van der Waals surface area contributed by atoms with Crippen molar-refractivity contribution in [1.29, 1.82) is 0 Å². The van der Waals surface area contributed by atoms with Gasteiger partial charge in [-0.05, 0) is 34.0 Å². The summed E-state index contributed by atoms with van der Waals surface area (Å²) in [5.41, 5.74) is 3.38. The molecule has 4 nitrogen and oxygen atoms in total. The van der Waals surface area contributed by atoms with Gasteiger partial charge in [-0.3, -0.25) is 4.79 Å². The van der Waals surface area contributed by atoms with E-state index >= 15 is 0 Å². The second-order valence-electron chi connectivity index (χ2n) is 6.86. The van der Waals surface area contributed by atoms with Crippen LogP contribution >= 0.6 is 0 Å². The summed E-state index contributed by atoms with van der Waals surface area (Å²) in [6.07, 6.45) is 0.396. The fourth-order valence-electron chi connectivity index (χ4n) is 3.53. The van der Waals surface area contributed by atoms with E-state index in [0.29, 0.717) is 13.0 Å². The van der Waals surface area contributed by atoms with Gasteiger partial charge in [0.2, 0.25) is 5.91 Å². The maximum Gasteiger partial charge on any atom is 0.224 e. The van der Waals surface area contributed by atoms with E-state index in [4.69, 9.17) is 4.74 Å². The first-order chi connectivity index (χ1) is 13.3. The second kappa shape index (κ2) is 8.23. The Labute approximate surface area is 159 Å². The number of hydrogen-bond donors (Lipinski definition) is 1. The van der Waals surface area contributed by atoms with Crippen LogP contribution in [-0.4, -0.2) is 32.2 Å². The van der Waals surface area contributed by atoms with Gasteiger partial charge in [0, 0.05) is 25.3 Å². The van der Waals surface area contributed by atoms with Crippen LogP contribution < -0.4 is 10.2 Å². The molecule has 0 bridgehead atoms. The van der Waals surface area contributed by atoms with Gasteiger partial charge in [-0.1, -0.05) is 54.6 Å². The summed E-state index contributed by atoms with van der Waals surface area (Å²) < 4.78 is 5.40. The molecule has 3 aromatic carbocycles. The van der Waals surface area contributed by atoms with E-state index in [-0.39, 0.29) is 5.91 Å². The van der Waals surface area contributed by atoms with Gasteiger partial charge in [0.25, 0.3) is 0 Å². The Kier molecular flexibility index (Phi) is 5.35. The highest BCUT2D eigenvalue weighted by atomic mass is 16.5. The monoisotopic (exact) mass is 360 g/mol. The molecule has 0 saturated carbocycles. The van der Waals surface area contributed by atoms with Gasteiger partial charge in [-0.2, -0.15) is 0 Å². The summed E-state index contributed by atoms with van der Waals surface area (Å²) in [5.74, 6) is 0.0450. The number of amides is 1. The smallest absolute Gasteiger partial charge is 0.224 e. The number of ether oxygens (including phenoxy) is 1. The average Bonchev–Trinajstić information content (AvgIpc) is 2.74. The Morgan fingerprint density at radius 3 is 2.48 bits per heavy atom. The van der Waals surface area contributed by atoms with Crippen molar-refractivity contribution < 1.29 is 9.53 Å². The topological polar surface area (TPSA) is 41.6 Å². The van der Waals surface area contributed by atoms with Gasteiger partial charge < -0.3 is 15.0 Å². The number of carbonyl (C=O) groups is 1. The minimum absolute atomic E-state index is 0.0450. The first-order valence-corrected chi connectivity index (χ1v) is 9.44. The molecule has 0 aromatic heterocycles. The molecular formula is C23H24N2O2. The molecule has 1 aliphatic heterocycles. The van der Waals surface area contributed by atoms with Crippen LogP contribution in [0, 0.1) is 0 Å². The lowest BCUT2D eigenvalue weighted by Crippen LogP contribution is -2.36. The molecule has 0 unspecified atom stereocenters. The van der Waals surface area contributed by atoms with Crippen LogP contribution in [0.2, 0.25) is 0 Å². The molecule has 0 atom stereocenters. The SMILES string of the molecule is O=C(Cc1cccc2ccccc12)NCc1ccc(N2CCOCC2)cc1. The number of hydrogen-bond acceptors (Lipinski definition) is 3. The van der Waals surface area contributed by atoms with Crippen molar-refractivity contribution >= 4 is 22.4 Å². The van der Waals surface area contributed by atoms with E-state index in [0.717, 1.165) is 42.8 Å². The zero-order chi connectivity index (χ0) is 18.5. The van der Waals surface area contributed by atoms with Crippen molar-refractivity contribution in [3.05, 3.63) is 77.9 Å². The van der Waals surface area contributed by atoms with Crippen LogP contribution in [0.3, 0.4) is 0 Å². The van der Waals surface area contributed by atoms with Crippen molar-refractivity contribution in [2.75, 3.05) is 31.2 Å². The lowest BCUT2D eigenvalue weighted by atomic mass is 10.0. The predicted molar refractivity (Wildman–Crippen MR) is 109 cm³/mol. The summed E-state index contributed by atoms with van der Waals surface area (Å²) >= 11 is 0. The quantitative estimate of drug-likeness (QED) is 0.757. The Balaban J connectivity index is 1.35. The minimum Gasteiger partial charge on any atom is -0.378 e. The molecule has 1 heterocycles. The van der Waals surface area contributed by atoms with Crippen molar-refractivity contribution in [1.82, 2.24) is 5.32 Å². The van der Waals surface area contributed by atoms with Gasteiger partial charge in [-0.15, -0.1) is 0 Å². The van der Waals surface area contributed by atoms with Gasteiger partial charge >= 0.3 is 0 Å². The van der Waals surface area contributed by atoms with E-state index in [9.17, 15) is 4.79 Å². The third kappa shape index (κ3) is 4.29. The van der Waals surface area contributed by atoms with Crippen molar-refractivity contribution in [2.45, 2.75) is 13.0 Å². The minimum atomic E-state index is 0.0450. The number of fused-ring (bicyclic) bond motifs is 1. The highest BCUT2D eigenvalue weighted by Crippen LogP contribution is 2.19. The van der Waals surface area contributed by atoms with E-state index < -0.39 is 0 Å². The normalized spacial score (nSPS) is 14.3. The van der Waals surface area contributed by atoms with Crippen LogP contribution in [0.5, 0.6) is 0 Å². The van der Waals surface area contributed by atoms with Gasteiger partial charge in [0.05, 0.1) is 19.6 Å². The van der Waals surface area contributed by atoms with Crippen LogP contribution in [0.4, 0.5) is 5.69 Å². The van der Waals surface area contributed by atoms with Crippen LogP contribution in [0.1, 0.15) is 11.1 Å². The van der Waals surface area contributed by atoms with E-state index in [1.807, 2.05) is 24.3 Å². The molecule has 3 aromatic rings. The number of nitrogens with one attached hydrogen (secondary N) is 1. The van der Waals surface area contributed by atoms with Crippen molar-refractivity contribution in [3.8, 4) is 0 Å². The molecule has 138 valence electrons. The highest BCUT2D eigenvalue weighted by molar-refractivity contribution is 5.90. The van der Waals surface area contributed by atoms with Gasteiger partial charge in [-0.25, -0.2) is 0 Å². The third-order valence-electron chi connectivity index (χ3n) is 5.03. The molecule has 1 amide bonds. The number of nitrogens with zero attached hydrogens (tertiary/aromatic N) is 1. The molecule has 1 aliphatic rings. The molecule has 0 radical (unpaired) electrons. The lowest BCUT2D eigenvalue weighted by Gasteiger charge is -2.28. The number of carbonyl (C=O) groups excluding carboxylic acids is 1. The van der Waals surface area contributed by atoms with Crippen molar-refractivity contribution in [3.63, 3.8) is 0 Å². The molecule has 27 heavy (non-hydrogen) atoms. The number of anilines is 1. The molecule has 1 fully saturated rings. The van der Waals surface area contributed by atoms with Crippen LogP contribution in [0.25, 0.3) is 10.8 Å². The Morgan fingerprint density at radius 2 is 1.67 bits per heavy atom. The second-order valence-corrected chi connectivity index (χ2v) is 6.86. The maximum atomic E-state index is 12.4. The summed E-state index contributed by atoms with van der Waals surface area (Å²) in [7, 11) is 0. The lowest BCUT2D eigenvalue weighted by molar-refractivity contribution is -0.120. The molecule has 1 N–H and O–H groups in total. The average molecular weight is 360 g/mol. The van der Waals surface area contributed by atoms with Crippen LogP contribution in [0.15, 0.2) is 66.7 Å². The molecule has 4 heteroatoms. The molecule has 1 saturated heterocycles. The highest BCUT2D eigenvalue weighted by Gasteiger charge is 2.11. The summed E-state index contributed by atoms with van der Waals surface area (Å²) in [4.78, 5) is 14.7. The zero-order valence-corrected chi connectivity index (χ0v) is 15.4.